The fraction of sp³-hybridized carbons (Fsp3) is 0.222. The molecular weight excluding hydrogens is 184 g/mol. The summed E-state index contributed by atoms with van der Waals surface area (Å²) in [6.07, 6.45) is 0. The average Bonchev–Trinajstić information content (AvgIpc) is 2.19. The van der Waals surface area contributed by atoms with Gasteiger partial charge in [-0.2, -0.15) is 5.26 Å². The lowest BCUT2D eigenvalue weighted by molar-refractivity contribution is 0.0519. The lowest BCUT2D eigenvalue weighted by Crippen LogP contribution is -2.07. The first-order chi connectivity index (χ1) is 6.69. The second kappa shape index (κ2) is 4.23. The van der Waals surface area contributed by atoms with Crippen LogP contribution in [0.3, 0.4) is 0 Å². The number of carbonyl (C=O) groups is 1. The molecule has 0 unspecified atom stereocenters. The number of aromatic nitrogens is 1. The van der Waals surface area contributed by atoms with Crippen molar-refractivity contribution in [2.24, 2.45) is 0 Å². The number of hydrogen-bond donors (Lipinski definition) is 1. The zero-order chi connectivity index (χ0) is 10.6. The predicted octanol–water partition coefficient (Wildman–Crippen LogP) is 0.836. The van der Waals surface area contributed by atoms with Crippen LogP contribution in [0, 0.1) is 11.3 Å². The van der Waals surface area contributed by atoms with Gasteiger partial charge in [-0.15, -0.1) is 0 Å². The van der Waals surface area contributed by atoms with Gasteiger partial charge < -0.3 is 9.84 Å². The van der Waals surface area contributed by atoms with E-state index in [2.05, 4.69) is 9.72 Å². The normalized spacial score (nSPS) is 9.14. The van der Waals surface area contributed by atoms with Crippen LogP contribution in [-0.4, -0.2) is 22.7 Å². The van der Waals surface area contributed by atoms with E-state index in [0.29, 0.717) is 0 Å². The summed E-state index contributed by atoms with van der Waals surface area (Å²) in [4.78, 5) is 14.8. The van der Waals surface area contributed by atoms with Gasteiger partial charge in [-0.05, 0) is 19.1 Å². The zero-order valence-corrected chi connectivity index (χ0v) is 7.52. The van der Waals surface area contributed by atoms with Crippen LogP contribution in [0.15, 0.2) is 12.1 Å². The Bertz CT molecular complexity index is 396. The molecule has 0 saturated carbocycles. The van der Waals surface area contributed by atoms with Gasteiger partial charge in [0.2, 0.25) is 0 Å². The molecule has 72 valence electrons. The fourth-order valence-corrected chi connectivity index (χ4v) is 0.853. The van der Waals surface area contributed by atoms with Crippen molar-refractivity contribution in [1.82, 2.24) is 4.98 Å². The molecule has 0 aliphatic heterocycles. The molecule has 0 amide bonds. The third kappa shape index (κ3) is 1.98. The molecule has 1 aromatic heterocycles. The number of rotatable bonds is 2. The van der Waals surface area contributed by atoms with Crippen LogP contribution < -0.4 is 0 Å². The van der Waals surface area contributed by atoms with Crippen LogP contribution in [0.5, 0.6) is 5.75 Å². The average molecular weight is 192 g/mol. The number of carbonyl (C=O) groups excluding carboxylic acids is 1. The highest BCUT2D eigenvalue weighted by Gasteiger charge is 2.11. The maximum atomic E-state index is 11.1. The van der Waals surface area contributed by atoms with Crippen LogP contribution in [0.4, 0.5) is 0 Å². The summed E-state index contributed by atoms with van der Waals surface area (Å²) in [5.41, 5.74) is -0.170. The lowest BCUT2D eigenvalue weighted by atomic mass is 10.3. The summed E-state index contributed by atoms with van der Waals surface area (Å²) < 4.78 is 4.67. The van der Waals surface area contributed by atoms with Gasteiger partial charge in [0.1, 0.15) is 11.8 Å². The van der Waals surface area contributed by atoms with E-state index in [1.54, 1.807) is 13.0 Å². The minimum absolute atomic E-state index is 0.0150. The van der Waals surface area contributed by atoms with E-state index in [1.807, 2.05) is 0 Å². The molecule has 5 heteroatoms. The molecule has 0 fully saturated rings. The Hall–Kier alpha value is -2.09. The highest BCUT2D eigenvalue weighted by molar-refractivity contribution is 5.87. The Balaban J connectivity index is 3.02. The number of pyridine rings is 1. The van der Waals surface area contributed by atoms with Gasteiger partial charge >= 0.3 is 5.97 Å². The third-order valence-corrected chi connectivity index (χ3v) is 1.46. The Morgan fingerprint density at radius 3 is 3.00 bits per heavy atom. The van der Waals surface area contributed by atoms with Crippen LogP contribution in [-0.2, 0) is 4.74 Å². The molecule has 1 aromatic rings. The third-order valence-electron chi connectivity index (χ3n) is 1.46. The molecule has 14 heavy (non-hydrogen) atoms. The summed E-state index contributed by atoms with van der Waals surface area (Å²) in [5.74, 6) is -0.857. The van der Waals surface area contributed by atoms with E-state index in [4.69, 9.17) is 10.4 Å². The second-order valence-electron chi connectivity index (χ2n) is 2.40. The smallest absolute Gasteiger partial charge is 0.356 e. The Morgan fingerprint density at radius 1 is 1.71 bits per heavy atom. The molecule has 1 heterocycles. The highest BCUT2D eigenvalue weighted by atomic mass is 16.5. The minimum Gasteiger partial charge on any atom is -0.505 e. The monoisotopic (exact) mass is 192 g/mol. The van der Waals surface area contributed by atoms with Crippen molar-refractivity contribution in [2.75, 3.05) is 6.61 Å². The van der Waals surface area contributed by atoms with Gasteiger partial charge in [0.15, 0.2) is 11.4 Å². The van der Waals surface area contributed by atoms with E-state index in [9.17, 15) is 4.79 Å². The van der Waals surface area contributed by atoms with E-state index in [1.165, 1.54) is 12.1 Å². The van der Waals surface area contributed by atoms with Crippen molar-refractivity contribution in [3.8, 4) is 11.8 Å². The summed E-state index contributed by atoms with van der Waals surface area (Å²) in [6, 6.07) is 4.20. The maximum Gasteiger partial charge on any atom is 0.356 e. The molecule has 0 aliphatic rings. The number of nitriles is 1. The molecule has 0 radical (unpaired) electrons. The summed E-state index contributed by atoms with van der Waals surface area (Å²) >= 11 is 0. The van der Waals surface area contributed by atoms with Crippen molar-refractivity contribution in [1.29, 1.82) is 5.26 Å². The quantitative estimate of drug-likeness (QED) is 0.702. The van der Waals surface area contributed by atoms with Gasteiger partial charge in [0.25, 0.3) is 0 Å². The van der Waals surface area contributed by atoms with Crippen molar-refractivity contribution < 1.29 is 14.6 Å². The minimum atomic E-state index is -0.607. The van der Waals surface area contributed by atoms with E-state index >= 15 is 0 Å². The largest absolute Gasteiger partial charge is 0.505 e. The van der Waals surface area contributed by atoms with E-state index < -0.39 is 5.97 Å². The van der Waals surface area contributed by atoms with Crippen molar-refractivity contribution >= 4 is 5.97 Å². The van der Waals surface area contributed by atoms with Crippen LogP contribution in [0.1, 0.15) is 23.1 Å². The van der Waals surface area contributed by atoms with Gasteiger partial charge in [-0.1, -0.05) is 0 Å². The molecule has 0 aliphatic carbocycles. The predicted molar refractivity (Wildman–Crippen MR) is 46.6 cm³/mol. The van der Waals surface area contributed by atoms with Crippen LogP contribution >= 0.6 is 0 Å². The van der Waals surface area contributed by atoms with E-state index in [0.717, 1.165) is 0 Å². The first kappa shape index (κ1) is 9.99. The number of hydrogen-bond acceptors (Lipinski definition) is 5. The number of aromatic hydroxyl groups is 1. The number of nitrogens with zero attached hydrogens (tertiary/aromatic N) is 2. The molecule has 1 rings (SSSR count). The number of ether oxygens (including phenoxy) is 1. The first-order valence-electron chi connectivity index (χ1n) is 3.96. The summed E-state index contributed by atoms with van der Waals surface area (Å²) in [6.45, 7) is 1.91. The summed E-state index contributed by atoms with van der Waals surface area (Å²) in [5, 5.41) is 17.6. The standard InChI is InChI=1S/C9H8N2O3/c1-2-14-9(13)6-3-4-8(12)7(5-10)11-6/h3-4,12H,2H2,1H3. The topological polar surface area (TPSA) is 83.2 Å². The Kier molecular flexibility index (Phi) is 3.02. The lowest BCUT2D eigenvalue weighted by Gasteiger charge is -2.01. The second-order valence-corrected chi connectivity index (χ2v) is 2.40. The molecule has 0 bridgehead atoms. The Labute approximate surface area is 80.6 Å². The van der Waals surface area contributed by atoms with Crippen molar-refractivity contribution in [2.45, 2.75) is 6.92 Å². The van der Waals surface area contributed by atoms with Gasteiger partial charge in [0, 0.05) is 0 Å². The van der Waals surface area contributed by atoms with Crippen LogP contribution in [0.25, 0.3) is 0 Å². The van der Waals surface area contributed by atoms with Crippen molar-refractivity contribution in [3.63, 3.8) is 0 Å². The van der Waals surface area contributed by atoms with Gasteiger partial charge in [-0.3, -0.25) is 0 Å². The molecule has 5 nitrogen and oxygen atoms in total. The molecule has 0 atom stereocenters. The Morgan fingerprint density at radius 2 is 2.43 bits per heavy atom. The van der Waals surface area contributed by atoms with Crippen LogP contribution in [0.2, 0.25) is 0 Å². The van der Waals surface area contributed by atoms with Crippen molar-refractivity contribution in [3.05, 3.63) is 23.5 Å². The van der Waals surface area contributed by atoms with E-state index in [-0.39, 0.29) is 23.7 Å². The first-order valence-corrected chi connectivity index (χ1v) is 3.96. The van der Waals surface area contributed by atoms with Gasteiger partial charge in [-0.25, -0.2) is 9.78 Å². The highest BCUT2D eigenvalue weighted by Crippen LogP contribution is 2.13. The molecule has 0 spiro atoms. The number of esters is 1. The maximum absolute atomic E-state index is 11.1. The molecule has 0 saturated heterocycles. The fourth-order valence-electron chi connectivity index (χ4n) is 0.853. The molecule has 0 aromatic carbocycles. The molecular formula is C9H8N2O3. The molecule has 1 N–H and O–H groups in total. The SMILES string of the molecule is CCOC(=O)c1ccc(O)c(C#N)n1. The zero-order valence-electron chi connectivity index (χ0n) is 7.52. The summed E-state index contributed by atoms with van der Waals surface area (Å²) in [7, 11) is 0. The van der Waals surface area contributed by atoms with Gasteiger partial charge in [0.05, 0.1) is 6.61 Å².